The first-order valence-electron chi connectivity index (χ1n) is 5.96. The lowest BCUT2D eigenvalue weighted by atomic mass is 10.1. The normalized spacial score (nSPS) is 18.1. The van der Waals surface area contributed by atoms with Gasteiger partial charge in [0.1, 0.15) is 0 Å². The second-order valence-corrected chi connectivity index (χ2v) is 4.30. The number of amidine groups is 1. The lowest BCUT2D eigenvalue weighted by Crippen LogP contribution is -2.37. The molecular weight excluding hydrogens is 232 g/mol. The molecule has 0 bridgehead atoms. The highest BCUT2D eigenvalue weighted by Crippen LogP contribution is 2.23. The number of piperidine rings is 1. The minimum atomic E-state index is 0.112. The first kappa shape index (κ1) is 12.6. The number of nitrogens with zero attached hydrogens (tertiary/aromatic N) is 3. The van der Waals surface area contributed by atoms with Crippen LogP contribution in [0.25, 0.3) is 0 Å². The molecule has 1 aliphatic heterocycles. The summed E-state index contributed by atoms with van der Waals surface area (Å²) < 4.78 is 5.34. The van der Waals surface area contributed by atoms with Gasteiger partial charge in [-0.1, -0.05) is 5.16 Å². The summed E-state index contributed by atoms with van der Waals surface area (Å²) in [7, 11) is 1.74. The maximum Gasteiger partial charge on any atom is 0.172 e. The highest BCUT2D eigenvalue weighted by molar-refractivity contribution is 6.02. The van der Waals surface area contributed by atoms with Gasteiger partial charge in [0.2, 0.25) is 0 Å². The summed E-state index contributed by atoms with van der Waals surface area (Å²) in [6.07, 6.45) is 5.66. The second-order valence-electron chi connectivity index (χ2n) is 4.30. The molecular formula is C12H18N4O2. The monoisotopic (exact) mass is 250 g/mol. The molecule has 2 rings (SSSR count). The summed E-state index contributed by atoms with van der Waals surface area (Å²) in [5.41, 5.74) is 7.29. The van der Waals surface area contributed by atoms with Gasteiger partial charge in [-0.15, -0.1) is 0 Å². The Bertz CT molecular complexity index is 428. The Morgan fingerprint density at radius 3 is 2.89 bits per heavy atom. The van der Waals surface area contributed by atoms with Crippen LogP contribution in [0.1, 0.15) is 18.4 Å². The molecule has 1 saturated heterocycles. The van der Waals surface area contributed by atoms with Crippen molar-refractivity contribution in [3.05, 3.63) is 24.0 Å². The molecule has 0 saturated carbocycles. The predicted octanol–water partition coefficient (Wildman–Crippen LogP) is 0.791. The van der Waals surface area contributed by atoms with E-state index in [1.165, 1.54) is 0 Å². The van der Waals surface area contributed by atoms with Gasteiger partial charge in [0.15, 0.2) is 5.84 Å². The Morgan fingerprint density at radius 1 is 1.56 bits per heavy atom. The van der Waals surface area contributed by atoms with Gasteiger partial charge in [0.05, 0.1) is 18.0 Å². The van der Waals surface area contributed by atoms with E-state index in [0.29, 0.717) is 11.7 Å². The third kappa shape index (κ3) is 2.53. The molecule has 0 atom stereocenters. The number of hydrogen-bond donors (Lipinski definition) is 2. The number of oxime groups is 1. The van der Waals surface area contributed by atoms with Crippen LogP contribution in [-0.4, -0.2) is 42.3 Å². The predicted molar refractivity (Wildman–Crippen MR) is 69.0 cm³/mol. The van der Waals surface area contributed by atoms with Crippen LogP contribution in [0.3, 0.4) is 0 Å². The number of nitrogens with two attached hydrogens (primary N) is 1. The zero-order valence-corrected chi connectivity index (χ0v) is 10.4. The van der Waals surface area contributed by atoms with Crippen LogP contribution in [0.2, 0.25) is 0 Å². The number of aromatic nitrogens is 1. The van der Waals surface area contributed by atoms with E-state index >= 15 is 0 Å². The zero-order valence-electron chi connectivity index (χ0n) is 10.4. The third-order valence-electron chi connectivity index (χ3n) is 3.30. The van der Waals surface area contributed by atoms with Crippen molar-refractivity contribution in [1.29, 1.82) is 0 Å². The van der Waals surface area contributed by atoms with Crippen LogP contribution in [-0.2, 0) is 4.74 Å². The largest absolute Gasteiger partial charge is 0.409 e. The second kappa shape index (κ2) is 5.68. The Balaban J connectivity index is 2.19. The Kier molecular flexibility index (Phi) is 3.99. The van der Waals surface area contributed by atoms with Crippen molar-refractivity contribution in [1.82, 2.24) is 4.98 Å². The number of hydrogen-bond acceptors (Lipinski definition) is 5. The Hall–Kier alpha value is -1.82. The summed E-state index contributed by atoms with van der Waals surface area (Å²) in [5, 5.41) is 11.9. The molecule has 18 heavy (non-hydrogen) atoms. The Morgan fingerprint density at radius 2 is 2.28 bits per heavy atom. The van der Waals surface area contributed by atoms with Gasteiger partial charge in [-0.25, -0.2) is 0 Å². The molecule has 6 heteroatoms. The molecule has 1 aromatic heterocycles. The van der Waals surface area contributed by atoms with Crippen LogP contribution >= 0.6 is 0 Å². The van der Waals surface area contributed by atoms with E-state index in [-0.39, 0.29) is 5.84 Å². The summed E-state index contributed by atoms with van der Waals surface area (Å²) in [4.78, 5) is 6.30. The van der Waals surface area contributed by atoms with Crippen LogP contribution < -0.4 is 10.6 Å². The van der Waals surface area contributed by atoms with E-state index < -0.39 is 0 Å². The number of rotatable bonds is 3. The average molecular weight is 250 g/mol. The van der Waals surface area contributed by atoms with Crippen LogP contribution in [0.5, 0.6) is 0 Å². The average Bonchev–Trinajstić information content (AvgIpc) is 2.46. The van der Waals surface area contributed by atoms with Crippen LogP contribution in [0.15, 0.2) is 23.6 Å². The van der Waals surface area contributed by atoms with E-state index in [1.807, 2.05) is 0 Å². The first-order valence-corrected chi connectivity index (χ1v) is 5.96. The molecule has 1 aromatic rings. The van der Waals surface area contributed by atoms with Crippen LogP contribution in [0.4, 0.5) is 5.69 Å². The number of pyridine rings is 1. The van der Waals surface area contributed by atoms with Gasteiger partial charge in [-0.05, 0) is 18.9 Å². The van der Waals surface area contributed by atoms with Crippen molar-refractivity contribution in [3.8, 4) is 0 Å². The minimum absolute atomic E-state index is 0.112. The van der Waals surface area contributed by atoms with Gasteiger partial charge >= 0.3 is 0 Å². The highest BCUT2D eigenvalue weighted by atomic mass is 16.5. The molecule has 0 unspecified atom stereocenters. The minimum Gasteiger partial charge on any atom is -0.409 e. The lowest BCUT2D eigenvalue weighted by molar-refractivity contribution is 0.0819. The van der Waals surface area contributed by atoms with Crippen molar-refractivity contribution in [2.75, 3.05) is 25.1 Å². The fraction of sp³-hybridized carbons (Fsp3) is 0.500. The standard InChI is InChI=1S/C12H18N4O2/c1-18-9-3-6-16(7-4-9)11-8-14-5-2-10(11)12(13)15-17/h2,5,8-9,17H,3-4,6-7H2,1H3,(H2,13,15). The maximum absolute atomic E-state index is 8.80. The van der Waals surface area contributed by atoms with Crippen molar-refractivity contribution in [3.63, 3.8) is 0 Å². The first-order chi connectivity index (χ1) is 8.76. The fourth-order valence-electron chi connectivity index (χ4n) is 2.24. The lowest BCUT2D eigenvalue weighted by Gasteiger charge is -2.33. The maximum atomic E-state index is 8.80. The SMILES string of the molecule is COC1CCN(c2cnccc2/C(N)=N/O)CC1. The quantitative estimate of drug-likeness (QED) is 0.358. The topological polar surface area (TPSA) is 84.0 Å². The van der Waals surface area contributed by atoms with E-state index in [4.69, 9.17) is 15.7 Å². The highest BCUT2D eigenvalue weighted by Gasteiger charge is 2.21. The molecule has 1 fully saturated rings. The summed E-state index contributed by atoms with van der Waals surface area (Å²) >= 11 is 0. The van der Waals surface area contributed by atoms with Crippen molar-refractivity contribution in [2.45, 2.75) is 18.9 Å². The number of anilines is 1. The van der Waals surface area contributed by atoms with Crippen LogP contribution in [0, 0.1) is 0 Å². The van der Waals surface area contributed by atoms with Gasteiger partial charge in [0, 0.05) is 32.0 Å². The molecule has 0 amide bonds. The molecule has 0 radical (unpaired) electrons. The smallest absolute Gasteiger partial charge is 0.172 e. The molecule has 0 aliphatic carbocycles. The molecule has 98 valence electrons. The molecule has 6 nitrogen and oxygen atoms in total. The van der Waals surface area contributed by atoms with Crippen molar-refractivity contribution < 1.29 is 9.94 Å². The van der Waals surface area contributed by atoms with Gasteiger partial charge in [0.25, 0.3) is 0 Å². The van der Waals surface area contributed by atoms with E-state index in [9.17, 15) is 0 Å². The van der Waals surface area contributed by atoms with Gasteiger partial charge in [-0.2, -0.15) is 0 Å². The fourth-order valence-corrected chi connectivity index (χ4v) is 2.24. The van der Waals surface area contributed by atoms with E-state index in [1.54, 1.807) is 25.6 Å². The van der Waals surface area contributed by atoms with Gasteiger partial charge in [-0.3, -0.25) is 4.98 Å². The molecule has 1 aliphatic rings. The van der Waals surface area contributed by atoms with E-state index in [0.717, 1.165) is 31.6 Å². The third-order valence-corrected chi connectivity index (χ3v) is 3.30. The Labute approximate surface area is 106 Å². The number of ether oxygens (including phenoxy) is 1. The zero-order chi connectivity index (χ0) is 13.0. The number of methoxy groups -OCH3 is 1. The summed E-state index contributed by atoms with van der Waals surface area (Å²) in [5.74, 6) is 0.112. The molecule has 0 spiro atoms. The molecule has 3 N–H and O–H groups in total. The summed E-state index contributed by atoms with van der Waals surface area (Å²) in [6.45, 7) is 1.77. The summed E-state index contributed by atoms with van der Waals surface area (Å²) in [6, 6.07) is 1.76. The van der Waals surface area contributed by atoms with E-state index in [2.05, 4.69) is 15.0 Å². The van der Waals surface area contributed by atoms with Crippen molar-refractivity contribution in [2.24, 2.45) is 10.9 Å². The molecule has 2 heterocycles. The molecule has 0 aromatic carbocycles. The van der Waals surface area contributed by atoms with Gasteiger partial charge < -0.3 is 20.6 Å². The van der Waals surface area contributed by atoms with Crippen molar-refractivity contribution >= 4 is 11.5 Å².